The zero-order valence-corrected chi connectivity index (χ0v) is 13.6. The van der Waals surface area contributed by atoms with E-state index in [-0.39, 0.29) is 6.61 Å². The number of hydrogen-bond acceptors (Lipinski definition) is 4. The molecule has 0 saturated heterocycles. The molecule has 1 aliphatic rings. The van der Waals surface area contributed by atoms with Gasteiger partial charge in [0, 0.05) is 29.5 Å². The van der Waals surface area contributed by atoms with Gasteiger partial charge in [-0.25, -0.2) is 0 Å². The number of aliphatic hydroxyl groups excluding tert-OH is 1. The SMILES string of the molecule is OCCN(c1ccnc2cc(Br)cnc12)C1CCCCC1. The molecular weight excluding hydrogens is 330 g/mol. The Morgan fingerprint density at radius 1 is 1.24 bits per heavy atom. The van der Waals surface area contributed by atoms with E-state index in [0.29, 0.717) is 12.6 Å². The first kappa shape index (κ1) is 14.7. The van der Waals surface area contributed by atoms with Crippen LogP contribution in [0.2, 0.25) is 0 Å². The Bertz CT molecular complexity index is 613. The second-order valence-corrected chi connectivity index (χ2v) is 6.48. The lowest BCUT2D eigenvalue weighted by molar-refractivity contribution is 0.290. The van der Waals surface area contributed by atoms with Gasteiger partial charge in [-0.3, -0.25) is 9.97 Å². The van der Waals surface area contributed by atoms with Crippen molar-refractivity contribution >= 4 is 32.7 Å². The minimum absolute atomic E-state index is 0.164. The van der Waals surface area contributed by atoms with Crippen molar-refractivity contribution in [2.45, 2.75) is 38.1 Å². The lowest BCUT2D eigenvalue weighted by Gasteiger charge is -2.36. The standard InChI is InChI=1S/C16H20BrN3O/c17-12-10-14-16(19-11-12)15(6-7-18-14)20(8-9-21)13-4-2-1-3-5-13/h6-7,10-11,13,21H,1-5,8-9H2. The molecule has 112 valence electrons. The summed E-state index contributed by atoms with van der Waals surface area (Å²) in [6.45, 7) is 0.818. The van der Waals surface area contributed by atoms with Crippen molar-refractivity contribution in [1.29, 1.82) is 0 Å². The summed E-state index contributed by atoms with van der Waals surface area (Å²) in [5.74, 6) is 0. The van der Waals surface area contributed by atoms with Crippen LogP contribution in [0, 0.1) is 0 Å². The van der Waals surface area contributed by atoms with Gasteiger partial charge in [-0.1, -0.05) is 19.3 Å². The van der Waals surface area contributed by atoms with Crippen LogP contribution in [-0.2, 0) is 0 Å². The fraction of sp³-hybridized carbons (Fsp3) is 0.500. The van der Waals surface area contributed by atoms with Crippen molar-refractivity contribution in [2.24, 2.45) is 0 Å². The Morgan fingerprint density at radius 2 is 2.05 bits per heavy atom. The summed E-state index contributed by atoms with van der Waals surface area (Å²) in [5.41, 5.74) is 2.90. The highest BCUT2D eigenvalue weighted by Gasteiger charge is 2.23. The molecule has 5 heteroatoms. The van der Waals surface area contributed by atoms with Crippen LogP contribution in [0.5, 0.6) is 0 Å². The molecule has 0 unspecified atom stereocenters. The van der Waals surface area contributed by atoms with Crippen LogP contribution in [0.3, 0.4) is 0 Å². The highest BCUT2D eigenvalue weighted by Crippen LogP contribution is 2.31. The fourth-order valence-corrected chi connectivity index (χ4v) is 3.54. The van der Waals surface area contributed by atoms with Crippen LogP contribution >= 0.6 is 15.9 Å². The molecule has 0 atom stereocenters. The largest absolute Gasteiger partial charge is 0.395 e. The number of aromatic nitrogens is 2. The number of rotatable bonds is 4. The third-order valence-corrected chi connectivity index (χ3v) is 4.62. The molecule has 1 N–H and O–H groups in total. The van der Waals surface area contributed by atoms with Crippen LogP contribution in [-0.4, -0.2) is 34.3 Å². The normalized spacial score (nSPS) is 16.3. The molecule has 0 radical (unpaired) electrons. The average Bonchev–Trinajstić information content (AvgIpc) is 2.53. The van der Waals surface area contributed by atoms with Gasteiger partial charge in [0.15, 0.2) is 0 Å². The van der Waals surface area contributed by atoms with E-state index in [4.69, 9.17) is 0 Å². The van der Waals surface area contributed by atoms with Crippen molar-refractivity contribution < 1.29 is 5.11 Å². The van der Waals surface area contributed by atoms with E-state index >= 15 is 0 Å². The number of hydrogen-bond donors (Lipinski definition) is 1. The van der Waals surface area contributed by atoms with Crippen LogP contribution in [0.15, 0.2) is 29.0 Å². The van der Waals surface area contributed by atoms with E-state index < -0.39 is 0 Å². The second kappa shape index (κ2) is 6.71. The molecule has 2 heterocycles. The summed E-state index contributed by atoms with van der Waals surface area (Å²) in [6.07, 6.45) is 9.90. The molecule has 1 aliphatic carbocycles. The van der Waals surface area contributed by atoms with Crippen LogP contribution in [0.25, 0.3) is 11.0 Å². The maximum absolute atomic E-state index is 9.46. The number of halogens is 1. The molecular formula is C16H20BrN3O. The molecule has 0 spiro atoms. The van der Waals surface area contributed by atoms with Gasteiger partial charge in [0.2, 0.25) is 0 Å². The van der Waals surface area contributed by atoms with Gasteiger partial charge in [-0.05, 0) is 40.9 Å². The van der Waals surface area contributed by atoms with Crippen molar-refractivity contribution in [2.75, 3.05) is 18.1 Å². The first-order chi connectivity index (χ1) is 10.3. The Morgan fingerprint density at radius 3 is 2.81 bits per heavy atom. The minimum atomic E-state index is 0.164. The molecule has 2 aromatic rings. The first-order valence-electron chi connectivity index (χ1n) is 7.57. The van der Waals surface area contributed by atoms with E-state index in [1.165, 1.54) is 32.1 Å². The van der Waals surface area contributed by atoms with Gasteiger partial charge in [-0.15, -0.1) is 0 Å². The lowest BCUT2D eigenvalue weighted by atomic mass is 9.93. The summed E-state index contributed by atoms with van der Waals surface area (Å²) in [5, 5.41) is 9.46. The van der Waals surface area contributed by atoms with Crippen molar-refractivity contribution in [1.82, 2.24) is 9.97 Å². The van der Waals surface area contributed by atoms with E-state index in [1.807, 2.05) is 24.5 Å². The van der Waals surface area contributed by atoms with Crippen molar-refractivity contribution in [3.63, 3.8) is 0 Å². The molecule has 0 aliphatic heterocycles. The number of pyridine rings is 2. The number of aliphatic hydroxyl groups is 1. The summed E-state index contributed by atoms with van der Waals surface area (Å²) < 4.78 is 0.936. The van der Waals surface area contributed by atoms with Gasteiger partial charge < -0.3 is 10.0 Å². The highest BCUT2D eigenvalue weighted by atomic mass is 79.9. The van der Waals surface area contributed by atoms with E-state index in [1.54, 1.807) is 0 Å². The zero-order valence-electron chi connectivity index (χ0n) is 12.0. The molecule has 0 aromatic carbocycles. The third-order valence-electron chi connectivity index (χ3n) is 4.19. The molecule has 2 aromatic heterocycles. The maximum atomic E-state index is 9.46. The van der Waals surface area contributed by atoms with E-state index in [0.717, 1.165) is 21.2 Å². The van der Waals surface area contributed by atoms with Crippen molar-refractivity contribution in [3.05, 3.63) is 29.0 Å². The fourth-order valence-electron chi connectivity index (χ4n) is 3.22. The summed E-state index contributed by atoms with van der Waals surface area (Å²) in [4.78, 5) is 11.3. The summed E-state index contributed by atoms with van der Waals surface area (Å²) in [7, 11) is 0. The average molecular weight is 350 g/mol. The predicted octanol–water partition coefficient (Wildman–Crippen LogP) is 3.52. The molecule has 1 fully saturated rings. The highest BCUT2D eigenvalue weighted by molar-refractivity contribution is 9.10. The van der Waals surface area contributed by atoms with Gasteiger partial charge in [-0.2, -0.15) is 0 Å². The van der Waals surface area contributed by atoms with Gasteiger partial charge >= 0.3 is 0 Å². The Kier molecular flexibility index (Phi) is 4.70. The lowest BCUT2D eigenvalue weighted by Crippen LogP contribution is -2.39. The topological polar surface area (TPSA) is 49.2 Å². The predicted molar refractivity (Wildman–Crippen MR) is 88.5 cm³/mol. The summed E-state index contributed by atoms with van der Waals surface area (Å²) >= 11 is 3.45. The Balaban J connectivity index is 2.02. The molecule has 0 amide bonds. The molecule has 21 heavy (non-hydrogen) atoms. The number of nitrogens with zero attached hydrogens (tertiary/aromatic N) is 3. The minimum Gasteiger partial charge on any atom is -0.395 e. The van der Waals surface area contributed by atoms with Crippen LogP contribution in [0.4, 0.5) is 5.69 Å². The van der Waals surface area contributed by atoms with E-state index in [9.17, 15) is 5.11 Å². The maximum Gasteiger partial charge on any atom is 0.112 e. The van der Waals surface area contributed by atoms with Gasteiger partial charge in [0.1, 0.15) is 5.52 Å². The van der Waals surface area contributed by atoms with Crippen molar-refractivity contribution in [3.8, 4) is 0 Å². The quantitative estimate of drug-likeness (QED) is 0.917. The second-order valence-electron chi connectivity index (χ2n) is 5.56. The smallest absolute Gasteiger partial charge is 0.112 e. The zero-order chi connectivity index (χ0) is 14.7. The van der Waals surface area contributed by atoms with Gasteiger partial charge in [0.25, 0.3) is 0 Å². The molecule has 0 bridgehead atoms. The number of fused-ring (bicyclic) bond motifs is 1. The molecule has 4 nitrogen and oxygen atoms in total. The Hall–Kier alpha value is -1.20. The van der Waals surface area contributed by atoms with Crippen LogP contribution in [0.1, 0.15) is 32.1 Å². The monoisotopic (exact) mass is 349 g/mol. The first-order valence-corrected chi connectivity index (χ1v) is 8.36. The Labute approximate surface area is 133 Å². The number of anilines is 1. The van der Waals surface area contributed by atoms with Gasteiger partial charge in [0.05, 0.1) is 17.8 Å². The van der Waals surface area contributed by atoms with E-state index in [2.05, 4.69) is 30.8 Å². The van der Waals surface area contributed by atoms with Crippen LogP contribution < -0.4 is 4.90 Å². The summed E-state index contributed by atoms with van der Waals surface area (Å²) in [6, 6.07) is 4.51. The molecule has 1 saturated carbocycles. The molecule has 3 rings (SSSR count). The third kappa shape index (κ3) is 3.19.